The molecular formula is C28H42ClNO9. The Morgan fingerprint density at radius 3 is 2.26 bits per heavy atom. The summed E-state index contributed by atoms with van der Waals surface area (Å²) >= 11 is 5.89. The number of phenolic OH excluding ortho intramolecular Hbond substituents is 1. The van der Waals surface area contributed by atoms with Gasteiger partial charge in [-0.05, 0) is 48.6 Å². The molecule has 7 atom stereocenters. The Bertz CT molecular complexity index is 999. The van der Waals surface area contributed by atoms with Gasteiger partial charge in [0, 0.05) is 26.6 Å². The van der Waals surface area contributed by atoms with Crippen LogP contribution in [0.3, 0.4) is 0 Å². The summed E-state index contributed by atoms with van der Waals surface area (Å²) in [5, 5.41) is 43.1. The highest BCUT2D eigenvalue weighted by atomic mass is 35.5. The largest absolute Gasteiger partial charge is 0.506 e. The molecular weight excluding hydrogens is 530 g/mol. The van der Waals surface area contributed by atoms with E-state index in [1.54, 1.807) is 6.92 Å². The maximum atomic E-state index is 13.0. The lowest BCUT2D eigenvalue weighted by atomic mass is 9.85. The van der Waals surface area contributed by atoms with Gasteiger partial charge in [-0.25, -0.2) is 4.79 Å². The van der Waals surface area contributed by atoms with Gasteiger partial charge < -0.3 is 35.2 Å². The first-order valence-electron chi connectivity index (χ1n) is 12.9. The molecule has 0 aliphatic carbocycles. The number of carbonyl (C=O) groups is 3. The lowest BCUT2D eigenvalue weighted by Gasteiger charge is -2.28. The number of methoxy groups -OCH3 is 2. The van der Waals surface area contributed by atoms with E-state index in [-0.39, 0.29) is 34.5 Å². The molecule has 1 rings (SSSR count). The van der Waals surface area contributed by atoms with Crippen LogP contribution in [0.2, 0.25) is 5.02 Å². The third-order valence-electron chi connectivity index (χ3n) is 6.82. The number of hydrogen-bond donors (Lipinski definition) is 5. The number of rotatable bonds is 17. The van der Waals surface area contributed by atoms with E-state index in [9.17, 15) is 34.8 Å². The van der Waals surface area contributed by atoms with Crippen LogP contribution in [-0.4, -0.2) is 82.8 Å². The zero-order valence-electron chi connectivity index (χ0n) is 23.4. The highest BCUT2D eigenvalue weighted by molar-refractivity contribution is 6.32. The first-order chi connectivity index (χ1) is 18.3. The molecule has 220 valence electrons. The van der Waals surface area contributed by atoms with E-state index in [1.807, 2.05) is 6.92 Å². The number of allylic oxidation sites excluding steroid dienone is 1. The van der Waals surface area contributed by atoms with Gasteiger partial charge in [0.2, 0.25) is 0 Å². The topological polar surface area (TPSA) is 163 Å². The van der Waals surface area contributed by atoms with Gasteiger partial charge in [0.15, 0.2) is 11.9 Å². The third kappa shape index (κ3) is 10.2. The molecule has 39 heavy (non-hydrogen) atoms. The van der Waals surface area contributed by atoms with Crippen molar-refractivity contribution < 1.29 is 44.3 Å². The standard InChI is InChI=1S/C28H42ClNO9/c1-7-8-9-15(2)23(32)17(4)24(33)16(3)12-22(38-5)25(34)26(39-6)27(35)30-20(28(36)37)14-18-10-11-21(31)19(29)13-18/h10-13,15,17,20,22-23,25-26,31-32,34H,7-9,14H2,1-6H3,(H,30,35)(H,36,37)/b16-12+/t15?,17?,20-,22+,23?,25+,26+/m0/s1. The van der Waals surface area contributed by atoms with Gasteiger partial charge in [-0.1, -0.05) is 51.3 Å². The molecule has 0 fully saturated rings. The molecule has 0 aliphatic heterocycles. The molecule has 0 heterocycles. The zero-order valence-corrected chi connectivity index (χ0v) is 24.1. The van der Waals surface area contributed by atoms with Crippen molar-refractivity contribution in [1.29, 1.82) is 0 Å². The number of carbonyl (C=O) groups excluding carboxylic acids is 2. The number of phenols is 1. The van der Waals surface area contributed by atoms with Gasteiger partial charge in [-0.15, -0.1) is 0 Å². The fourth-order valence-corrected chi connectivity index (χ4v) is 4.48. The van der Waals surface area contributed by atoms with Crippen LogP contribution in [0.15, 0.2) is 29.8 Å². The number of nitrogens with one attached hydrogen (secondary N) is 1. The van der Waals surface area contributed by atoms with Gasteiger partial charge >= 0.3 is 5.97 Å². The summed E-state index contributed by atoms with van der Waals surface area (Å²) < 4.78 is 10.5. The fraction of sp³-hybridized carbons (Fsp3) is 0.607. The number of amides is 1. The van der Waals surface area contributed by atoms with Crippen molar-refractivity contribution in [2.45, 2.75) is 83.8 Å². The number of hydrogen-bond acceptors (Lipinski definition) is 8. The van der Waals surface area contributed by atoms with Gasteiger partial charge in [0.05, 0.1) is 11.1 Å². The van der Waals surface area contributed by atoms with Crippen LogP contribution in [0.5, 0.6) is 5.75 Å². The molecule has 0 saturated heterocycles. The number of halogens is 1. The molecule has 0 aromatic heterocycles. The van der Waals surface area contributed by atoms with Crippen LogP contribution in [0.1, 0.15) is 52.5 Å². The van der Waals surface area contributed by atoms with E-state index in [1.165, 1.54) is 45.4 Å². The molecule has 5 N–H and O–H groups in total. The Morgan fingerprint density at radius 1 is 1.10 bits per heavy atom. The number of aliphatic carboxylic acids is 1. The fourth-order valence-electron chi connectivity index (χ4n) is 4.28. The molecule has 1 aromatic rings. The zero-order chi connectivity index (χ0) is 29.9. The number of unbranched alkanes of at least 4 members (excludes halogenated alkanes) is 1. The number of benzene rings is 1. The molecule has 0 saturated carbocycles. The van der Waals surface area contributed by atoms with Crippen LogP contribution in [0.4, 0.5) is 0 Å². The van der Waals surface area contributed by atoms with Gasteiger partial charge in [-0.2, -0.15) is 0 Å². The van der Waals surface area contributed by atoms with E-state index in [2.05, 4.69) is 12.2 Å². The summed E-state index contributed by atoms with van der Waals surface area (Å²) in [6.45, 7) is 7.13. The Kier molecular flexibility index (Phi) is 14.7. The van der Waals surface area contributed by atoms with Crippen molar-refractivity contribution in [3.05, 3.63) is 40.4 Å². The molecule has 0 spiro atoms. The quantitative estimate of drug-likeness (QED) is 0.177. The molecule has 1 amide bonds. The average molecular weight is 572 g/mol. The minimum absolute atomic E-state index is 0.0325. The van der Waals surface area contributed by atoms with E-state index in [0.29, 0.717) is 5.56 Å². The molecule has 0 bridgehead atoms. The van der Waals surface area contributed by atoms with Crippen LogP contribution in [0, 0.1) is 11.8 Å². The van der Waals surface area contributed by atoms with Gasteiger partial charge in [0.25, 0.3) is 5.91 Å². The summed E-state index contributed by atoms with van der Waals surface area (Å²) in [6, 6.07) is 2.78. The minimum atomic E-state index is -1.59. The summed E-state index contributed by atoms with van der Waals surface area (Å²) in [5.41, 5.74) is 0.685. The monoisotopic (exact) mass is 571 g/mol. The first kappa shape index (κ1) is 34.5. The van der Waals surface area contributed by atoms with Crippen LogP contribution >= 0.6 is 11.6 Å². The molecule has 0 aliphatic rings. The summed E-state index contributed by atoms with van der Waals surface area (Å²) in [7, 11) is 2.46. The lowest BCUT2D eigenvalue weighted by Crippen LogP contribution is -2.53. The Labute approximate surface area is 235 Å². The van der Waals surface area contributed by atoms with Crippen molar-refractivity contribution in [3.63, 3.8) is 0 Å². The second-order valence-corrected chi connectivity index (χ2v) is 10.3. The number of aliphatic hydroxyl groups is 2. The van der Waals surface area contributed by atoms with Crippen LogP contribution < -0.4 is 5.32 Å². The highest BCUT2D eigenvalue weighted by Crippen LogP contribution is 2.25. The maximum Gasteiger partial charge on any atom is 0.326 e. The molecule has 1 aromatic carbocycles. The number of aliphatic hydroxyl groups excluding tert-OH is 2. The number of aromatic hydroxyl groups is 1. The highest BCUT2D eigenvalue weighted by Gasteiger charge is 2.35. The predicted octanol–water partition coefficient (Wildman–Crippen LogP) is 2.89. The van der Waals surface area contributed by atoms with Crippen molar-refractivity contribution in [2.24, 2.45) is 11.8 Å². The van der Waals surface area contributed by atoms with Crippen LogP contribution in [0.25, 0.3) is 0 Å². The van der Waals surface area contributed by atoms with Crippen molar-refractivity contribution in [2.75, 3.05) is 14.2 Å². The first-order valence-corrected chi connectivity index (χ1v) is 13.3. The Morgan fingerprint density at radius 2 is 1.74 bits per heavy atom. The van der Waals surface area contributed by atoms with E-state index in [0.717, 1.165) is 19.3 Å². The smallest absolute Gasteiger partial charge is 0.326 e. The predicted molar refractivity (Wildman–Crippen MR) is 147 cm³/mol. The second-order valence-electron chi connectivity index (χ2n) is 9.85. The van der Waals surface area contributed by atoms with Gasteiger partial charge in [-0.3, -0.25) is 9.59 Å². The summed E-state index contributed by atoms with van der Waals surface area (Å²) in [6.07, 6.45) is -1.18. The number of ketones is 1. The van der Waals surface area contributed by atoms with E-state index < -0.39 is 48.3 Å². The minimum Gasteiger partial charge on any atom is -0.506 e. The number of ether oxygens (including phenoxy) is 2. The summed E-state index contributed by atoms with van der Waals surface area (Å²) in [5.74, 6) is -3.48. The van der Waals surface area contributed by atoms with Gasteiger partial charge in [0.1, 0.15) is 24.0 Å². The molecule has 3 unspecified atom stereocenters. The summed E-state index contributed by atoms with van der Waals surface area (Å²) in [4.78, 5) is 37.7. The molecule has 10 nitrogen and oxygen atoms in total. The SMILES string of the molecule is CCCCC(C)C(O)C(C)C(=O)/C(C)=C/[C@@H](OC)[C@@H](O)[C@@H](OC)C(=O)N[C@@H](Cc1ccc(O)c(Cl)c1)C(=O)O. The lowest BCUT2D eigenvalue weighted by molar-refractivity contribution is -0.149. The normalized spacial score (nSPS) is 17.4. The number of carboxylic acid groups (broad SMARTS) is 1. The Hall–Kier alpha value is -2.50. The van der Waals surface area contributed by atoms with E-state index >= 15 is 0 Å². The number of carboxylic acids is 1. The molecule has 0 radical (unpaired) electrons. The molecule has 11 heteroatoms. The van der Waals surface area contributed by atoms with Crippen molar-refractivity contribution in [1.82, 2.24) is 5.32 Å². The third-order valence-corrected chi connectivity index (χ3v) is 7.13. The Balaban J connectivity index is 3.01. The number of Topliss-reactive ketones (excluding diaryl/α,β-unsaturated/α-hetero) is 1. The van der Waals surface area contributed by atoms with Crippen molar-refractivity contribution >= 4 is 29.3 Å². The van der Waals surface area contributed by atoms with Crippen LogP contribution in [-0.2, 0) is 30.3 Å². The van der Waals surface area contributed by atoms with Crippen molar-refractivity contribution in [3.8, 4) is 5.75 Å². The maximum absolute atomic E-state index is 13.0. The average Bonchev–Trinajstić information content (AvgIpc) is 2.90. The van der Waals surface area contributed by atoms with E-state index in [4.69, 9.17) is 21.1 Å². The second kappa shape index (κ2) is 16.6.